The van der Waals surface area contributed by atoms with Gasteiger partial charge in [0.05, 0.1) is 45.1 Å². The van der Waals surface area contributed by atoms with Crippen molar-refractivity contribution in [2.75, 3.05) is 37.2 Å². The Kier molecular flexibility index (Phi) is 25.0. The molecule has 0 amide bonds. The van der Waals surface area contributed by atoms with Crippen LogP contribution in [0.3, 0.4) is 0 Å². The lowest BCUT2D eigenvalue weighted by atomic mass is 9.97. The largest absolute Gasteiger partial charge is 0.409 e. The van der Waals surface area contributed by atoms with Crippen molar-refractivity contribution in [2.24, 2.45) is 10.9 Å². The van der Waals surface area contributed by atoms with E-state index in [1.165, 1.54) is 83.6 Å². The zero-order valence-electron chi connectivity index (χ0n) is 52.9. The van der Waals surface area contributed by atoms with Gasteiger partial charge in [-0.2, -0.15) is 5.26 Å². The molecule has 3 saturated heterocycles. The molecule has 5 heterocycles. The van der Waals surface area contributed by atoms with Crippen molar-refractivity contribution in [3.05, 3.63) is 153 Å². The molecule has 0 spiro atoms. The number of piperidine rings is 3. The normalized spacial score (nSPS) is 20.3. The van der Waals surface area contributed by atoms with Crippen molar-refractivity contribution in [2.45, 2.75) is 206 Å². The monoisotopic (exact) mass is 1180 g/mol. The zero-order valence-corrected chi connectivity index (χ0v) is 52.9. The number of fused-ring (bicyclic) bond motifs is 2. The van der Waals surface area contributed by atoms with E-state index in [1.807, 2.05) is 94.1 Å². The first-order valence-corrected chi connectivity index (χ1v) is 32.7. The molecule has 87 heavy (non-hydrogen) atoms. The highest BCUT2D eigenvalue weighted by Gasteiger charge is 2.26. The minimum Gasteiger partial charge on any atom is -0.409 e. The van der Waals surface area contributed by atoms with Gasteiger partial charge in [0.1, 0.15) is 11.4 Å². The summed E-state index contributed by atoms with van der Waals surface area (Å²) >= 11 is 0. The first-order valence-electron chi connectivity index (χ1n) is 32.7. The molecule has 15 heteroatoms. The molecule has 3 fully saturated rings. The number of nitrogen functional groups attached to an aromatic ring is 1. The summed E-state index contributed by atoms with van der Waals surface area (Å²) in [5, 5.41) is 24.8. The van der Waals surface area contributed by atoms with E-state index in [2.05, 4.69) is 82.8 Å². The summed E-state index contributed by atoms with van der Waals surface area (Å²) in [6.07, 6.45) is 22.2. The average Bonchev–Trinajstić information content (AvgIpc) is 1.35. The lowest BCUT2D eigenvalue weighted by Gasteiger charge is -2.39. The molecule has 10 rings (SSSR count). The van der Waals surface area contributed by atoms with Gasteiger partial charge in [0.2, 0.25) is 0 Å². The number of aromatic nitrogens is 4. The lowest BCUT2D eigenvalue weighted by molar-refractivity contribution is 0.101. The number of hydrogen-bond acceptors (Lipinski definition) is 12. The van der Waals surface area contributed by atoms with Gasteiger partial charge in [0, 0.05) is 72.6 Å². The topological polar surface area (TPSA) is 200 Å². The van der Waals surface area contributed by atoms with Gasteiger partial charge < -0.3 is 31.1 Å². The molecule has 3 aliphatic heterocycles. The third-order valence-corrected chi connectivity index (χ3v) is 18.6. The summed E-state index contributed by atoms with van der Waals surface area (Å²) in [7, 11) is 0. The van der Waals surface area contributed by atoms with Gasteiger partial charge in [0.25, 0.3) is 11.1 Å². The van der Waals surface area contributed by atoms with Gasteiger partial charge in [-0.25, -0.2) is 9.97 Å². The molecule has 7 aromatic rings. The van der Waals surface area contributed by atoms with Crippen LogP contribution in [0.15, 0.2) is 136 Å². The number of unbranched alkanes of at least 4 members (excludes halogenated alkanes) is 6. The highest BCUT2D eigenvalue weighted by atomic mass is 16.4. The van der Waals surface area contributed by atoms with Crippen LogP contribution in [0.2, 0.25) is 0 Å². The first-order chi connectivity index (χ1) is 42.3. The van der Waals surface area contributed by atoms with E-state index in [-0.39, 0.29) is 17.0 Å². The molecule has 0 saturated carbocycles. The Morgan fingerprint density at radius 2 is 0.954 bits per heavy atom. The number of rotatable bonds is 22. The summed E-state index contributed by atoms with van der Waals surface area (Å²) in [5.41, 5.74) is 19.9. The van der Waals surface area contributed by atoms with Crippen LogP contribution in [-0.4, -0.2) is 107 Å². The van der Waals surface area contributed by atoms with E-state index in [0.717, 1.165) is 104 Å². The summed E-state index contributed by atoms with van der Waals surface area (Å²) in [6, 6.07) is 44.2. The Morgan fingerprint density at radius 1 is 0.540 bits per heavy atom. The number of aryl methyl sites for hydroxylation is 2. The Balaban J connectivity index is 0.000000174. The maximum atomic E-state index is 13.5. The van der Waals surface area contributed by atoms with E-state index < -0.39 is 0 Å². The van der Waals surface area contributed by atoms with Crippen molar-refractivity contribution in [3.8, 4) is 28.6 Å². The number of nitrogens with one attached hydrogen (secondary N) is 1. The average molecular weight is 1180 g/mol. The van der Waals surface area contributed by atoms with Crippen LogP contribution in [0.25, 0.3) is 44.6 Å². The number of para-hydroxylation sites is 6. The quantitative estimate of drug-likeness (QED) is 0.0125. The third-order valence-electron chi connectivity index (χ3n) is 18.6. The molecule has 0 radical (unpaired) electrons. The fraction of sp³-hybridized carbons (Fsp3) is 0.500. The highest BCUT2D eigenvalue weighted by Crippen LogP contribution is 2.27. The molecule has 5 aromatic carbocycles. The van der Waals surface area contributed by atoms with Crippen LogP contribution in [0.4, 0.5) is 11.4 Å². The molecule has 2 unspecified atom stereocenters. The Hall–Kier alpha value is -7.38. The number of amidine groups is 1. The SMILES string of the molecule is CC1CCCC(C)N1CCCCCn1c(=O)c(-c2cccc(C#N)c2)nc2ccccc21.C[C@@H]1CCC[C@H](C)N1CCCCCNc1ccccc1N.C[C@@H]1CCC[C@H](C)N1CCCCCn1c(=O)c(-c2cccc(C(N)=NO)c2)nc2ccccc21. The predicted octanol–water partition coefficient (Wildman–Crippen LogP) is 14.1. The molecule has 464 valence electrons. The minimum absolute atomic E-state index is 0.000284. The number of nitrogens with zero attached hydrogens (tertiary/aromatic N) is 9. The van der Waals surface area contributed by atoms with Crippen LogP contribution >= 0.6 is 0 Å². The number of benzene rings is 5. The van der Waals surface area contributed by atoms with Gasteiger partial charge in [-0.05, 0) is 193 Å². The van der Waals surface area contributed by atoms with Crippen molar-refractivity contribution >= 4 is 39.3 Å². The minimum atomic E-state index is -0.117. The van der Waals surface area contributed by atoms with Gasteiger partial charge in [0.15, 0.2) is 5.84 Å². The van der Waals surface area contributed by atoms with Gasteiger partial charge in [-0.15, -0.1) is 0 Å². The Bertz CT molecular complexity index is 3470. The second kappa shape index (κ2) is 33.1. The second-order valence-electron chi connectivity index (χ2n) is 24.9. The molecule has 15 nitrogen and oxygen atoms in total. The summed E-state index contributed by atoms with van der Waals surface area (Å²) in [4.78, 5) is 44.2. The Labute approximate surface area is 517 Å². The van der Waals surface area contributed by atoms with Crippen LogP contribution in [0.5, 0.6) is 0 Å². The summed E-state index contributed by atoms with van der Waals surface area (Å²) < 4.78 is 3.71. The molecule has 0 aliphatic carbocycles. The van der Waals surface area contributed by atoms with E-state index in [9.17, 15) is 14.9 Å². The molecular formula is C72H98N12O3. The molecule has 0 bridgehead atoms. The number of nitrogens with two attached hydrogens (primary N) is 2. The summed E-state index contributed by atoms with van der Waals surface area (Å²) in [6.45, 7) is 20.0. The van der Waals surface area contributed by atoms with Gasteiger partial charge >= 0.3 is 0 Å². The molecule has 2 aromatic heterocycles. The first kappa shape index (κ1) is 65.6. The fourth-order valence-corrected chi connectivity index (χ4v) is 13.5. The van der Waals surface area contributed by atoms with Crippen LogP contribution in [0.1, 0.15) is 168 Å². The van der Waals surface area contributed by atoms with Crippen molar-refractivity contribution in [1.29, 1.82) is 5.26 Å². The van der Waals surface area contributed by atoms with Crippen molar-refractivity contribution in [3.63, 3.8) is 0 Å². The fourth-order valence-electron chi connectivity index (χ4n) is 13.5. The number of nitriles is 1. The maximum Gasteiger partial charge on any atom is 0.277 e. The van der Waals surface area contributed by atoms with E-state index in [4.69, 9.17) is 16.7 Å². The second-order valence-corrected chi connectivity index (χ2v) is 24.9. The van der Waals surface area contributed by atoms with Crippen LogP contribution in [-0.2, 0) is 13.1 Å². The third kappa shape index (κ3) is 17.9. The number of hydrogen-bond donors (Lipinski definition) is 4. The van der Waals surface area contributed by atoms with E-state index in [1.54, 1.807) is 36.4 Å². The lowest BCUT2D eigenvalue weighted by Crippen LogP contribution is -2.44. The number of oxime groups is 1. The van der Waals surface area contributed by atoms with E-state index >= 15 is 0 Å². The van der Waals surface area contributed by atoms with Crippen molar-refractivity contribution < 1.29 is 5.21 Å². The highest BCUT2D eigenvalue weighted by molar-refractivity contribution is 5.98. The number of likely N-dealkylation sites (tertiary alicyclic amines) is 3. The van der Waals surface area contributed by atoms with Gasteiger partial charge in [-0.1, -0.05) is 110 Å². The Morgan fingerprint density at radius 3 is 1.41 bits per heavy atom. The van der Waals surface area contributed by atoms with Gasteiger partial charge in [-0.3, -0.25) is 24.3 Å². The zero-order chi connectivity index (χ0) is 61.7. The smallest absolute Gasteiger partial charge is 0.277 e. The van der Waals surface area contributed by atoms with Crippen LogP contribution in [0, 0.1) is 11.3 Å². The summed E-state index contributed by atoms with van der Waals surface area (Å²) in [5.74, 6) is 0.000284. The van der Waals surface area contributed by atoms with E-state index in [0.29, 0.717) is 70.9 Å². The predicted molar refractivity (Wildman–Crippen MR) is 359 cm³/mol. The standard InChI is InChI=1S/C27H35N5O2.C27H32N4O.C18H31N3/c1-19-10-8-11-20(2)31(19)16-6-3-7-17-32-24-15-5-4-14-23(24)29-25(27(32)33)21-12-9-13-22(18-21)26(28)30-34;1-20-10-8-11-21(2)30(20)16-6-3-7-17-31-25-15-5-4-14-24(25)29-26(27(31)32)23-13-9-12-22(18-23)19-28;1-15-9-8-10-16(2)21(15)14-7-3-6-13-20-18-12-5-4-11-17(18)19/h4-5,9,12-15,18-20,34H,3,6-8,10-11,16-17H2,1-2H3,(H2,28,30);4-5,9,12-15,18,20-21H,3,6-8,10-11,16-17H2,1-2H3;4-5,11-12,15-16,20H,3,6-10,13-14,19H2,1-2H3/t19-,20+;;15-,16+. The molecule has 3 aliphatic rings. The molecule has 6 N–H and O–H groups in total. The van der Waals surface area contributed by atoms with Crippen molar-refractivity contribution in [1.82, 2.24) is 33.8 Å². The van der Waals surface area contributed by atoms with Crippen LogP contribution < -0.4 is 27.9 Å². The number of anilines is 2. The maximum absolute atomic E-state index is 13.5. The molecule has 6 atom stereocenters. The molecular weight excluding hydrogens is 1080 g/mol.